The molecule has 1 unspecified atom stereocenters. The SMILES string of the molecule is CC(Nc1n[nH]c(=O)[nH]c1=O)C(=O)NN=Cc1cc(Br)cc(Br)c1O. The Morgan fingerprint density at radius 2 is 2.12 bits per heavy atom. The van der Waals surface area contributed by atoms with Gasteiger partial charge in [0.2, 0.25) is 5.82 Å². The second kappa shape index (κ2) is 8.07. The molecule has 0 saturated carbocycles. The summed E-state index contributed by atoms with van der Waals surface area (Å²) in [6, 6.07) is 2.41. The number of aromatic hydroxyl groups is 1. The number of hydrazone groups is 1. The molecule has 1 aromatic heterocycles. The van der Waals surface area contributed by atoms with Crippen molar-refractivity contribution in [1.82, 2.24) is 20.6 Å². The molecule has 0 aliphatic heterocycles. The lowest BCUT2D eigenvalue weighted by atomic mass is 10.2. The van der Waals surface area contributed by atoms with Crippen molar-refractivity contribution in [2.45, 2.75) is 13.0 Å². The van der Waals surface area contributed by atoms with Crippen molar-refractivity contribution in [3.8, 4) is 5.75 Å². The first-order chi connectivity index (χ1) is 11.8. The summed E-state index contributed by atoms with van der Waals surface area (Å²) in [7, 11) is 0. The van der Waals surface area contributed by atoms with Crippen molar-refractivity contribution < 1.29 is 9.90 Å². The second-order valence-corrected chi connectivity index (χ2v) is 6.55. The lowest BCUT2D eigenvalue weighted by molar-refractivity contribution is -0.121. The molecule has 1 heterocycles. The quantitative estimate of drug-likeness (QED) is 0.316. The third-order valence-electron chi connectivity index (χ3n) is 2.89. The molecule has 1 amide bonds. The number of hydrogen-bond donors (Lipinski definition) is 5. The first-order valence-electron chi connectivity index (χ1n) is 6.74. The molecule has 5 N–H and O–H groups in total. The maximum absolute atomic E-state index is 12.0. The highest BCUT2D eigenvalue weighted by Gasteiger charge is 2.14. The Balaban J connectivity index is 2.02. The molecule has 10 nitrogen and oxygen atoms in total. The number of phenols is 1. The number of aromatic amines is 2. The fourth-order valence-electron chi connectivity index (χ4n) is 1.66. The molecule has 0 spiro atoms. The van der Waals surface area contributed by atoms with E-state index in [-0.39, 0.29) is 11.6 Å². The zero-order valence-electron chi connectivity index (χ0n) is 12.6. The van der Waals surface area contributed by atoms with Crippen LogP contribution in [0.4, 0.5) is 5.82 Å². The monoisotopic (exact) mass is 474 g/mol. The third-order valence-corrected chi connectivity index (χ3v) is 3.96. The van der Waals surface area contributed by atoms with Crippen LogP contribution in [0, 0.1) is 0 Å². The summed E-state index contributed by atoms with van der Waals surface area (Å²) in [5.41, 5.74) is 1.13. The Morgan fingerprint density at radius 1 is 1.40 bits per heavy atom. The molecular weight excluding hydrogens is 464 g/mol. The van der Waals surface area contributed by atoms with Crippen molar-refractivity contribution in [3.63, 3.8) is 0 Å². The fraction of sp³-hybridized carbons (Fsp3) is 0.154. The predicted molar refractivity (Wildman–Crippen MR) is 97.8 cm³/mol. The zero-order chi connectivity index (χ0) is 18.6. The van der Waals surface area contributed by atoms with E-state index >= 15 is 0 Å². The molecule has 0 bridgehead atoms. The molecule has 12 heteroatoms. The van der Waals surface area contributed by atoms with Gasteiger partial charge in [-0.25, -0.2) is 15.3 Å². The Labute approximate surface area is 157 Å². The number of nitrogens with zero attached hydrogens (tertiary/aromatic N) is 2. The predicted octanol–water partition coefficient (Wildman–Crippen LogP) is 0.640. The highest BCUT2D eigenvalue weighted by molar-refractivity contribution is 9.11. The molecule has 0 radical (unpaired) electrons. The van der Waals surface area contributed by atoms with Crippen LogP contribution in [-0.4, -0.2) is 38.5 Å². The van der Waals surface area contributed by atoms with Crippen LogP contribution < -0.4 is 22.0 Å². The first-order valence-corrected chi connectivity index (χ1v) is 8.33. The third kappa shape index (κ3) is 5.00. The van der Waals surface area contributed by atoms with Crippen molar-refractivity contribution in [3.05, 3.63) is 47.5 Å². The van der Waals surface area contributed by atoms with Crippen molar-refractivity contribution >= 4 is 49.8 Å². The topological polar surface area (TPSA) is 152 Å². The zero-order valence-corrected chi connectivity index (χ0v) is 15.8. The van der Waals surface area contributed by atoms with Crippen LogP contribution in [0.1, 0.15) is 12.5 Å². The Bertz CT molecular complexity index is 939. The van der Waals surface area contributed by atoms with Gasteiger partial charge in [0, 0.05) is 10.0 Å². The van der Waals surface area contributed by atoms with E-state index in [4.69, 9.17) is 0 Å². The minimum absolute atomic E-state index is 0.0312. The Hall–Kier alpha value is -2.47. The van der Waals surface area contributed by atoms with Crippen LogP contribution in [0.3, 0.4) is 0 Å². The van der Waals surface area contributed by atoms with E-state index in [1.54, 1.807) is 12.1 Å². The summed E-state index contributed by atoms with van der Waals surface area (Å²) in [5, 5.41) is 21.7. The maximum atomic E-state index is 12.0. The number of phenolic OH excluding ortho intramolecular Hbond substituents is 1. The van der Waals surface area contributed by atoms with Gasteiger partial charge in [0.15, 0.2) is 0 Å². The van der Waals surface area contributed by atoms with E-state index < -0.39 is 23.2 Å². The van der Waals surface area contributed by atoms with Gasteiger partial charge < -0.3 is 10.4 Å². The summed E-state index contributed by atoms with van der Waals surface area (Å²) >= 11 is 6.46. The molecule has 0 aliphatic carbocycles. The van der Waals surface area contributed by atoms with Gasteiger partial charge in [-0.3, -0.25) is 14.6 Å². The van der Waals surface area contributed by atoms with E-state index in [0.717, 1.165) is 0 Å². The number of H-pyrrole nitrogens is 2. The van der Waals surface area contributed by atoms with Crippen molar-refractivity contribution in [1.29, 1.82) is 0 Å². The maximum Gasteiger partial charge on any atom is 0.342 e. The van der Waals surface area contributed by atoms with Gasteiger partial charge in [-0.2, -0.15) is 5.10 Å². The van der Waals surface area contributed by atoms with Gasteiger partial charge in [-0.1, -0.05) is 15.9 Å². The standard InChI is InChI=1S/C13H12Br2N6O4/c1-5(17-10-12(24)18-13(25)21-19-10)11(23)20-16-4-6-2-7(14)3-8(15)9(6)22/h2-5,22H,1H3,(H,17,19)(H,20,23)(H2,18,21,24,25). The van der Waals surface area contributed by atoms with Crippen molar-refractivity contribution in [2.24, 2.45) is 5.10 Å². The molecule has 132 valence electrons. The number of amides is 1. The van der Waals surface area contributed by atoms with Crippen LogP contribution in [0.15, 0.2) is 35.8 Å². The van der Waals surface area contributed by atoms with Crippen molar-refractivity contribution in [2.75, 3.05) is 5.32 Å². The summed E-state index contributed by atoms with van der Waals surface area (Å²) < 4.78 is 1.18. The van der Waals surface area contributed by atoms with Crippen LogP contribution in [0.5, 0.6) is 5.75 Å². The summed E-state index contributed by atoms with van der Waals surface area (Å²) in [6.45, 7) is 1.48. The molecule has 2 rings (SSSR count). The Kier molecular flexibility index (Phi) is 6.09. The number of nitrogens with one attached hydrogen (secondary N) is 4. The summed E-state index contributed by atoms with van der Waals surface area (Å²) in [6.07, 6.45) is 1.26. The average Bonchev–Trinajstić information content (AvgIpc) is 2.54. The van der Waals surface area contributed by atoms with Crippen LogP contribution in [0.2, 0.25) is 0 Å². The van der Waals surface area contributed by atoms with Gasteiger partial charge >= 0.3 is 5.69 Å². The number of carbonyl (C=O) groups is 1. The van der Waals surface area contributed by atoms with Gasteiger partial charge in [0.05, 0.1) is 10.7 Å². The summed E-state index contributed by atoms with van der Waals surface area (Å²) in [5.74, 6) is -0.798. The molecular formula is C13H12Br2N6O4. The van der Waals surface area contributed by atoms with E-state index in [0.29, 0.717) is 14.5 Å². The highest BCUT2D eigenvalue weighted by atomic mass is 79.9. The van der Waals surface area contributed by atoms with Crippen LogP contribution in [0.25, 0.3) is 0 Å². The molecule has 1 atom stereocenters. The fourth-order valence-corrected chi connectivity index (χ4v) is 2.92. The molecule has 0 fully saturated rings. The van der Waals surface area contributed by atoms with E-state index in [1.165, 1.54) is 13.1 Å². The number of rotatable bonds is 5. The number of anilines is 1. The normalized spacial score (nSPS) is 12.1. The second-order valence-electron chi connectivity index (χ2n) is 4.78. The lowest BCUT2D eigenvalue weighted by Gasteiger charge is -2.11. The molecule has 2 aromatic rings. The van der Waals surface area contributed by atoms with Gasteiger partial charge in [-0.05, 0) is 35.0 Å². The van der Waals surface area contributed by atoms with Gasteiger partial charge in [0.25, 0.3) is 11.5 Å². The average molecular weight is 476 g/mol. The van der Waals surface area contributed by atoms with Gasteiger partial charge in [0.1, 0.15) is 11.8 Å². The lowest BCUT2D eigenvalue weighted by Crippen LogP contribution is -2.38. The molecule has 0 aliphatic rings. The number of carbonyl (C=O) groups excluding carboxylic acids is 1. The van der Waals surface area contributed by atoms with E-state index in [1.807, 2.05) is 10.1 Å². The van der Waals surface area contributed by atoms with E-state index in [9.17, 15) is 19.5 Å². The number of hydrogen-bond acceptors (Lipinski definition) is 7. The molecule has 0 saturated heterocycles. The highest BCUT2D eigenvalue weighted by Crippen LogP contribution is 2.30. The largest absolute Gasteiger partial charge is 0.506 e. The smallest absolute Gasteiger partial charge is 0.342 e. The van der Waals surface area contributed by atoms with Crippen LogP contribution >= 0.6 is 31.9 Å². The minimum Gasteiger partial charge on any atom is -0.506 e. The first kappa shape index (κ1) is 18.9. The van der Waals surface area contributed by atoms with Crippen LogP contribution in [-0.2, 0) is 4.79 Å². The minimum atomic E-state index is -0.862. The Morgan fingerprint density at radius 3 is 2.80 bits per heavy atom. The molecule has 25 heavy (non-hydrogen) atoms. The number of halogens is 2. The number of aromatic nitrogens is 3. The number of benzene rings is 1. The molecule has 1 aromatic carbocycles. The van der Waals surface area contributed by atoms with E-state index in [2.05, 4.69) is 52.8 Å². The van der Waals surface area contributed by atoms with Gasteiger partial charge in [-0.15, -0.1) is 5.10 Å². The summed E-state index contributed by atoms with van der Waals surface area (Å²) in [4.78, 5) is 36.3.